The standard InChI is InChI=1S/C49H63F2N8O12P.2Na/c1-4-45(35(2)69-48(62)71-36(3)70-46(60)11-9-7-5-6-8-10-26-68-72(63,64)65)59-47(61)58(34-54-59)41-15-13-39(14-16-41)55-22-24-56(25-23-55)40-17-19-42(20-18-40)66-29-37-28-49(67-30-37,31-57-33-52-32-53-57)43-21-12-38(50)27-44(43)51;;/h12-21,27,32-37,45H,4-11,22-26,28-31H2,1-3H3,(H2,63,64,65);;/q;2*+1/p-2/t35?,36?,37-,45+,49+;;/m1../s1. The molecule has 2 aliphatic rings. The molecule has 3 aromatic carbocycles. The average Bonchev–Trinajstić information content (AvgIpc) is 4.11. The molecule has 2 fully saturated rings. The molecule has 20 nitrogen and oxygen atoms in total. The Morgan fingerprint density at radius 2 is 1.47 bits per heavy atom. The van der Waals surface area contributed by atoms with Crippen LogP contribution in [0.5, 0.6) is 5.75 Å². The van der Waals surface area contributed by atoms with E-state index in [-0.39, 0.29) is 90.2 Å². The van der Waals surface area contributed by atoms with Gasteiger partial charge in [-0.3, -0.25) is 4.79 Å². The predicted molar refractivity (Wildman–Crippen MR) is 254 cm³/mol. The second-order valence-electron chi connectivity index (χ2n) is 18.0. The molecule has 2 aliphatic heterocycles. The van der Waals surface area contributed by atoms with Gasteiger partial charge in [-0.25, -0.2) is 37.3 Å². The summed E-state index contributed by atoms with van der Waals surface area (Å²) in [5.74, 6) is -1.23. The van der Waals surface area contributed by atoms with Crippen molar-refractivity contribution < 1.29 is 120 Å². The maximum Gasteiger partial charge on any atom is 1.00 e. The van der Waals surface area contributed by atoms with Gasteiger partial charge in [0, 0.05) is 68.4 Å². The van der Waals surface area contributed by atoms with E-state index in [0.29, 0.717) is 56.8 Å². The van der Waals surface area contributed by atoms with Gasteiger partial charge in [-0.05, 0) is 87.2 Å². The molecular weight excluding hydrogens is 1010 g/mol. The monoisotopic (exact) mass is 1070 g/mol. The smallest absolute Gasteiger partial charge is 0.790 e. The van der Waals surface area contributed by atoms with Crippen LogP contribution in [0.4, 0.5) is 25.0 Å². The number of ether oxygens (including phenoxy) is 5. The minimum absolute atomic E-state index is 0. The Balaban J connectivity index is 0.00000507. The SMILES string of the molecule is CC[C@@H](C(C)OC(=O)OC(C)OC(=O)CCCCCCCCOP(=O)([O-])[O-])n1ncn(-c2ccc(N3CCN(c4ccc(OC[C@@H]5CO[C@@](Cn6cncn6)(c6ccc(F)cc6F)C5)cc4)CC3)cc2)c1=O.[Na+].[Na+]. The van der Waals surface area contributed by atoms with Gasteiger partial charge in [0.05, 0.1) is 45.9 Å². The van der Waals surface area contributed by atoms with Crippen molar-refractivity contribution in [1.29, 1.82) is 0 Å². The molecular formula is C49H61F2N8Na2O12P. The van der Waals surface area contributed by atoms with Gasteiger partial charge in [-0.2, -0.15) is 10.2 Å². The Morgan fingerprint density at radius 1 is 0.838 bits per heavy atom. The van der Waals surface area contributed by atoms with E-state index in [4.69, 9.17) is 23.7 Å². The second kappa shape index (κ2) is 28.8. The van der Waals surface area contributed by atoms with E-state index in [0.717, 1.165) is 62.9 Å². The fourth-order valence-corrected chi connectivity index (χ4v) is 9.49. The van der Waals surface area contributed by atoms with Crippen LogP contribution in [0.2, 0.25) is 0 Å². The van der Waals surface area contributed by atoms with Crippen molar-refractivity contribution in [2.45, 2.75) is 109 Å². The largest absolute Gasteiger partial charge is 1.00 e. The third-order valence-corrected chi connectivity index (χ3v) is 13.3. The van der Waals surface area contributed by atoms with E-state index in [9.17, 15) is 33.1 Å². The molecule has 25 heteroatoms. The number of rotatable bonds is 25. The van der Waals surface area contributed by atoms with Crippen molar-refractivity contribution in [3.8, 4) is 11.4 Å². The number of phosphoric ester groups is 1. The van der Waals surface area contributed by atoms with E-state index >= 15 is 4.39 Å². The number of halogens is 2. The molecule has 390 valence electrons. The van der Waals surface area contributed by atoms with Gasteiger partial charge < -0.3 is 52.4 Å². The summed E-state index contributed by atoms with van der Waals surface area (Å²) >= 11 is 0. The Bertz CT molecular complexity index is 2640. The van der Waals surface area contributed by atoms with Crippen molar-refractivity contribution in [2.75, 3.05) is 55.8 Å². The van der Waals surface area contributed by atoms with Crippen molar-refractivity contribution in [3.63, 3.8) is 0 Å². The maximum atomic E-state index is 15.1. The first-order chi connectivity index (χ1) is 34.6. The molecule has 2 aromatic heterocycles. The maximum absolute atomic E-state index is 15.1. The number of unbranched alkanes of at least 4 members (excludes halogenated alkanes) is 5. The van der Waals surface area contributed by atoms with Crippen molar-refractivity contribution in [3.05, 3.63) is 113 Å². The van der Waals surface area contributed by atoms with Crippen LogP contribution in [0.3, 0.4) is 0 Å². The minimum Gasteiger partial charge on any atom is -0.790 e. The Kier molecular flexibility index (Phi) is 23.6. The summed E-state index contributed by atoms with van der Waals surface area (Å²) in [5, 5.41) is 8.53. The third-order valence-electron chi connectivity index (χ3n) is 12.8. The van der Waals surface area contributed by atoms with E-state index in [1.54, 1.807) is 17.9 Å². The third kappa shape index (κ3) is 17.2. The van der Waals surface area contributed by atoms with Crippen LogP contribution in [-0.2, 0) is 45.0 Å². The van der Waals surface area contributed by atoms with E-state index in [1.165, 1.54) is 41.0 Å². The topological polar surface area (TPSA) is 230 Å². The predicted octanol–water partition coefficient (Wildman–Crippen LogP) is 0.207. The van der Waals surface area contributed by atoms with Gasteiger partial charge >= 0.3 is 76.9 Å². The summed E-state index contributed by atoms with van der Waals surface area (Å²) < 4.78 is 76.1. The summed E-state index contributed by atoms with van der Waals surface area (Å²) in [6.07, 6.45) is 6.23. The molecule has 0 N–H and O–H groups in total. The summed E-state index contributed by atoms with van der Waals surface area (Å²) in [6, 6.07) is 18.5. The molecule has 74 heavy (non-hydrogen) atoms. The molecule has 0 saturated carbocycles. The first-order valence-corrected chi connectivity index (χ1v) is 25.7. The number of aromatic nitrogens is 6. The van der Waals surface area contributed by atoms with Crippen LogP contribution in [0.1, 0.15) is 90.2 Å². The molecule has 0 aliphatic carbocycles. The first-order valence-electron chi connectivity index (χ1n) is 24.2. The number of carbonyl (C=O) groups is 2. The van der Waals surface area contributed by atoms with Gasteiger partial charge in [0.25, 0.3) is 0 Å². The molecule has 4 heterocycles. The number of nitrogens with zero attached hydrogens (tertiary/aromatic N) is 8. The number of hydrogen-bond acceptors (Lipinski definition) is 17. The van der Waals surface area contributed by atoms with Gasteiger partial charge in [-0.15, -0.1) is 0 Å². The van der Waals surface area contributed by atoms with Crippen molar-refractivity contribution >= 4 is 31.3 Å². The summed E-state index contributed by atoms with van der Waals surface area (Å²) in [4.78, 5) is 68.1. The molecule has 2 saturated heterocycles. The zero-order valence-corrected chi connectivity index (χ0v) is 47.5. The number of benzene rings is 3. The minimum atomic E-state index is -4.94. The Morgan fingerprint density at radius 3 is 2.09 bits per heavy atom. The molecule has 2 unspecified atom stereocenters. The molecule has 0 spiro atoms. The number of esters is 1. The first kappa shape index (κ1) is 60.7. The second-order valence-corrected chi connectivity index (χ2v) is 19.1. The van der Waals surface area contributed by atoms with E-state index < -0.39 is 61.3 Å². The number of carbonyl (C=O) groups excluding carboxylic acids is 2. The Hall–Kier alpha value is -4.19. The van der Waals surface area contributed by atoms with Crippen LogP contribution in [0.15, 0.2) is 90.5 Å². The molecule has 0 radical (unpaired) electrons. The molecule has 5 atom stereocenters. The zero-order valence-electron chi connectivity index (χ0n) is 42.6. The zero-order chi connectivity index (χ0) is 51.3. The molecule has 5 aromatic rings. The molecule has 0 amide bonds. The summed E-state index contributed by atoms with van der Waals surface area (Å²) in [6.45, 7) is 8.73. The number of phosphoric acid groups is 1. The van der Waals surface area contributed by atoms with Crippen LogP contribution >= 0.6 is 7.82 Å². The summed E-state index contributed by atoms with van der Waals surface area (Å²) in [7, 11) is -4.94. The van der Waals surface area contributed by atoms with Crippen LogP contribution in [-0.4, -0.2) is 99.6 Å². The Labute approximate surface area is 472 Å². The van der Waals surface area contributed by atoms with E-state index in [1.807, 2.05) is 55.5 Å². The quantitative estimate of drug-likeness (QED) is 0.0250. The fraction of sp³-hybridized carbons (Fsp3) is 0.510. The number of piperazine rings is 1. The van der Waals surface area contributed by atoms with Gasteiger partial charge in [0.2, 0.25) is 6.29 Å². The van der Waals surface area contributed by atoms with Crippen LogP contribution in [0, 0.1) is 17.6 Å². The summed E-state index contributed by atoms with van der Waals surface area (Å²) in [5.41, 5.74) is 1.49. The van der Waals surface area contributed by atoms with Gasteiger partial charge in [0.15, 0.2) is 0 Å². The van der Waals surface area contributed by atoms with Crippen molar-refractivity contribution in [1.82, 2.24) is 29.1 Å². The van der Waals surface area contributed by atoms with Gasteiger partial charge in [-0.1, -0.05) is 38.7 Å². The van der Waals surface area contributed by atoms with Crippen LogP contribution < -0.4 is 89.1 Å². The van der Waals surface area contributed by atoms with E-state index in [2.05, 4.69) is 29.5 Å². The average molecular weight is 1070 g/mol. The fourth-order valence-electron chi connectivity index (χ4n) is 9.14. The van der Waals surface area contributed by atoms with Crippen LogP contribution in [0.25, 0.3) is 5.69 Å². The molecule has 0 bridgehead atoms. The molecule has 7 rings (SSSR count). The van der Waals surface area contributed by atoms with Crippen molar-refractivity contribution in [2.24, 2.45) is 5.92 Å². The normalized spacial score (nSPS) is 17.9. The number of hydrogen-bond donors (Lipinski definition) is 0. The number of anilines is 2. The van der Waals surface area contributed by atoms with Gasteiger partial charge in [0.1, 0.15) is 48.1 Å².